The molecule has 0 spiro atoms. The third-order valence-electron chi connectivity index (χ3n) is 3.20. The zero-order valence-corrected chi connectivity index (χ0v) is 12.0. The van der Waals surface area contributed by atoms with Crippen molar-refractivity contribution in [3.05, 3.63) is 48.0 Å². The Morgan fingerprint density at radius 1 is 0.783 bits per heavy atom. The SMILES string of the molecule is O=C=NCCc1ccccc1-c1cccc(N=C=O)c1N=C=O. The van der Waals surface area contributed by atoms with Gasteiger partial charge in [0.1, 0.15) is 11.4 Å². The van der Waals surface area contributed by atoms with Crippen LogP contribution in [0.2, 0.25) is 0 Å². The monoisotopic (exact) mass is 305 g/mol. The molecule has 0 saturated heterocycles. The second kappa shape index (κ2) is 8.13. The van der Waals surface area contributed by atoms with Gasteiger partial charge in [-0.25, -0.2) is 19.4 Å². The summed E-state index contributed by atoms with van der Waals surface area (Å²) in [5.74, 6) is 0. The van der Waals surface area contributed by atoms with Crippen LogP contribution in [0.15, 0.2) is 57.4 Å². The van der Waals surface area contributed by atoms with Crippen molar-refractivity contribution >= 4 is 29.6 Å². The van der Waals surface area contributed by atoms with Crippen molar-refractivity contribution in [2.75, 3.05) is 6.54 Å². The highest BCUT2D eigenvalue weighted by atomic mass is 16.1. The minimum absolute atomic E-state index is 0.238. The summed E-state index contributed by atoms with van der Waals surface area (Å²) in [7, 11) is 0. The maximum Gasteiger partial charge on any atom is 0.240 e. The Morgan fingerprint density at radius 3 is 2.26 bits per heavy atom. The first-order valence-electron chi connectivity index (χ1n) is 6.72. The van der Waals surface area contributed by atoms with Gasteiger partial charge in [-0.3, -0.25) is 0 Å². The van der Waals surface area contributed by atoms with Crippen molar-refractivity contribution < 1.29 is 14.4 Å². The lowest BCUT2D eigenvalue weighted by molar-refractivity contribution is 0.562. The fourth-order valence-electron chi connectivity index (χ4n) is 2.27. The Morgan fingerprint density at radius 2 is 1.52 bits per heavy atom. The van der Waals surface area contributed by atoms with Crippen LogP contribution in [0.5, 0.6) is 0 Å². The zero-order chi connectivity index (χ0) is 16.5. The van der Waals surface area contributed by atoms with Crippen molar-refractivity contribution in [3.8, 4) is 11.1 Å². The van der Waals surface area contributed by atoms with Gasteiger partial charge in [-0.1, -0.05) is 36.4 Å². The second-order valence-electron chi connectivity index (χ2n) is 4.46. The average molecular weight is 305 g/mol. The van der Waals surface area contributed by atoms with Crippen molar-refractivity contribution in [1.29, 1.82) is 0 Å². The molecule has 0 aliphatic rings. The van der Waals surface area contributed by atoms with Crippen molar-refractivity contribution in [1.82, 2.24) is 0 Å². The predicted molar refractivity (Wildman–Crippen MR) is 84.1 cm³/mol. The number of hydrogen-bond donors (Lipinski definition) is 0. The minimum atomic E-state index is 0.238. The highest BCUT2D eigenvalue weighted by Crippen LogP contribution is 2.39. The average Bonchev–Trinajstić information content (AvgIpc) is 2.58. The van der Waals surface area contributed by atoms with Crippen molar-refractivity contribution in [3.63, 3.8) is 0 Å². The molecule has 2 aromatic carbocycles. The second-order valence-corrected chi connectivity index (χ2v) is 4.46. The molecule has 0 aromatic heterocycles. The number of benzene rings is 2. The summed E-state index contributed by atoms with van der Waals surface area (Å²) in [5, 5.41) is 0. The van der Waals surface area contributed by atoms with E-state index in [9.17, 15) is 14.4 Å². The van der Waals surface area contributed by atoms with Gasteiger partial charge in [0.15, 0.2) is 0 Å². The van der Waals surface area contributed by atoms with Gasteiger partial charge in [0.05, 0.1) is 6.54 Å². The molecule has 6 heteroatoms. The number of para-hydroxylation sites is 1. The van der Waals surface area contributed by atoms with Crippen molar-refractivity contribution in [2.24, 2.45) is 15.0 Å². The number of aliphatic imine (C=N–C) groups is 3. The Bertz CT molecular complexity index is 857. The third-order valence-corrected chi connectivity index (χ3v) is 3.20. The van der Waals surface area contributed by atoms with E-state index in [-0.39, 0.29) is 11.4 Å². The first kappa shape index (κ1) is 16.0. The molecule has 2 aromatic rings. The number of hydrogen-bond acceptors (Lipinski definition) is 6. The molecule has 2 rings (SSSR count). The molecular formula is C17H11N3O3. The minimum Gasteiger partial charge on any atom is -0.211 e. The fraction of sp³-hybridized carbons (Fsp3) is 0.118. The summed E-state index contributed by atoms with van der Waals surface area (Å²) in [6.07, 6.45) is 4.95. The van der Waals surface area contributed by atoms with Crippen LogP contribution < -0.4 is 0 Å². The molecule has 0 heterocycles. The normalized spacial score (nSPS) is 9.22. The topological polar surface area (TPSA) is 88.3 Å². The first-order chi connectivity index (χ1) is 11.3. The van der Waals surface area contributed by atoms with E-state index in [1.807, 2.05) is 24.3 Å². The molecule has 0 bridgehead atoms. The van der Waals surface area contributed by atoms with Gasteiger partial charge >= 0.3 is 0 Å². The van der Waals surface area contributed by atoms with E-state index >= 15 is 0 Å². The van der Waals surface area contributed by atoms with Gasteiger partial charge in [-0.05, 0) is 23.6 Å². The molecule has 0 aliphatic carbocycles. The summed E-state index contributed by atoms with van der Waals surface area (Å²) < 4.78 is 0. The molecule has 0 N–H and O–H groups in total. The summed E-state index contributed by atoms with van der Waals surface area (Å²) >= 11 is 0. The Kier molecular flexibility index (Phi) is 5.64. The van der Waals surface area contributed by atoms with Gasteiger partial charge in [0.25, 0.3) is 0 Å². The van der Waals surface area contributed by atoms with E-state index in [1.165, 1.54) is 18.2 Å². The molecule has 0 unspecified atom stereocenters. The van der Waals surface area contributed by atoms with Gasteiger partial charge in [0, 0.05) is 5.56 Å². The number of isocyanates is 3. The van der Waals surface area contributed by atoms with Gasteiger partial charge in [-0.15, -0.1) is 0 Å². The lowest BCUT2D eigenvalue weighted by Crippen LogP contribution is -1.93. The van der Waals surface area contributed by atoms with Crippen LogP contribution in [0, 0.1) is 0 Å². The smallest absolute Gasteiger partial charge is 0.211 e. The first-order valence-corrected chi connectivity index (χ1v) is 6.72. The molecule has 112 valence electrons. The largest absolute Gasteiger partial charge is 0.240 e. The van der Waals surface area contributed by atoms with E-state index in [0.717, 1.165) is 11.1 Å². The van der Waals surface area contributed by atoms with Crippen LogP contribution in [-0.2, 0) is 20.8 Å². The van der Waals surface area contributed by atoms with Crippen LogP contribution in [0.25, 0.3) is 11.1 Å². The van der Waals surface area contributed by atoms with Crippen LogP contribution in [-0.4, -0.2) is 24.8 Å². The highest BCUT2D eigenvalue weighted by Gasteiger charge is 2.12. The molecule has 0 amide bonds. The number of nitrogens with zero attached hydrogens (tertiary/aromatic N) is 3. The standard InChI is InChI=1S/C17H11N3O3/c21-10-18-9-8-13-4-1-2-5-14(13)15-6-3-7-16(19-11-22)17(15)20-12-23/h1-7H,8-9H2. The lowest BCUT2D eigenvalue weighted by atomic mass is 9.96. The molecule has 0 aliphatic heterocycles. The summed E-state index contributed by atoms with van der Waals surface area (Å²) in [6, 6.07) is 12.5. The summed E-state index contributed by atoms with van der Waals surface area (Å²) in [6.45, 7) is 0.305. The molecule has 0 radical (unpaired) electrons. The number of rotatable bonds is 6. The molecule has 23 heavy (non-hydrogen) atoms. The van der Waals surface area contributed by atoms with E-state index in [4.69, 9.17) is 0 Å². The molecule has 0 saturated carbocycles. The Labute approximate surface area is 131 Å². The zero-order valence-electron chi connectivity index (χ0n) is 12.0. The van der Waals surface area contributed by atoms with Gasteiger partial charge in [0.2, 0.25) is 18.2 Å². The quantitative estimate of drug-likeness (QED) is 0.606. The van der Waals surface area contributed by atoms with Crippen molar-refractivity contribution in [2.45, 2.75) is 6.42 Å². The van der Waals surface area contributed by atoms with Crippen LogP contribution in [0.4, 0.5) is 11.4 Å². The molecule has 0 fully saturated rings. The Hall–Kier alpha value is -3.42. The van der Waals surface area contributed by atoms with E-state index in [0.29, 0.717) is 18.5 Å². The van der Waals surface area contributed by atoms with Gasteiger partial charge in [-0.2, -0.15) is 9.98 Å². The van der Waals surface area contributed by atoms with Crippen LogP contribution >= 0.6 is 0 Å². The fourth-order valence-corrected chi connectivity index (χ4v) is 2.27. The van der Waals surface area contributed by atoms with E-state index in [1.54, 1.807) is 18.2 Å². The van der Waals surface area contributed by atoms with Crippen LogP contribution in [0.1, 0.15) is 5.56 Å². The van der Waals surface area contributed by atoms with Crippen LogP contribution in [0.3, 0.4) is 0 Å². The summed E-state index contributed by atoms with van der Waals surface area (Å²) in [4.78, 5) is 42.3. The lowest BCUT2D eigenvalue weighted by Gasteiger charge is -2.11. The molecular weight excluding hydrogens is 294 g/mol. The van der Waals surface area contributed by atoms with Gasteiger partial charge < -0.3 is 0 Å². The molecule has 6 nitrogen and oxygen atoms in total. The number of carbonyl (C=O) groups excluding carboxylic acids is 3. The van der Waals surface area contributed by atoms with E-state index < -0.39 is 0 Å². The summed E-state index contributed by atoms with van der Waals surface area (Å²) in [5.41, 5.74) is 2.85. The maximum absolute atomic E-state index is 10.7. The maximum atomic E-state index is 10.7. The third kappa shape index (κ3) is 3.82. The molecule has 0 atom stereocenters. The highest BCUT2D eigenvalue weighted by molar-refractivity contribution is 5.87. The van der Waals surface area contributed by atoms with E-state index in [2.05, 4.69) is 15.0 Å². The Balaban J connectivity index is 2.62. The predicted octanol–water partition coefficient (Wildman–Crippen LogP) is 3.17.